The molecule has 1 saturated heterocycles. The molecule has 0 atom stereocenters. The third-order valence-electron chi connectivity index (χ3n) is 4.84. The molecule has 0 N–H and O–H groups in total. The minimum absolute atomic E-state index is 0.484. The van der Waals surface area contributed by atoms with Crippen LogP contribution in [0.4, 0.5) is 5.82 Å². The van der Waals surface area contributed by atoms with Crippen LogP contribution in [0.5, 0.6) is 0 Å². The number of aromatic nitrogens is 2. The number of benzene rings is 2. The van der Waals surface area contributed by atoms with Crippen LogP contribution < -0.4 is 4.90 Å². The summed E-state index contributed by atoms with van der Waals surface area (Å²) in [6, 6.07) is 22.5. The van der Waals surface area contributed by atoms with Crippen molar-refractivity contribution < 1.29 is 4.74 Å². The van der Waals surface area contributed by atoms with Crippen LogP contribution in [0.1, 0.15) is 30.5 Å². The van der Waals surface area contributed by atoms with Crippen LogP contribution in [0.3, 0.4) is 0 Å². The molecule has 0 aliphatic carbocycles. The molecule has 1 aliphatic rings. The third kappa shape index (κ3) is 4.72. The Morgan fingerprint density at radius 2 is 1.48 bits per heavy atom. The van der Waals surface area contributed by atoms with Crippen molar-refractivity contribution in [2.45, 2.75) is 32.5 Å². The molecule has 2 heterocycles. The van der Waals surface area contributed by atoms with Crippen molar-refractivity contribution in [2.24, 2.45) is 0 Å². The summed E-state index contributed by atoms with van der Waals surface area (Å²) in [7, 11) is 0. The van der Waals surface area contributed by atoms with Gasteiger partial charge in [-0.25, -0.2) is 9.97 Å². The summed E-state index contributed by atoms with van der Waals surface area (Å²) in [6.07, 6.45) is 3.76. The molecule has 0 radical (unpaired) electrons. The first-order valence-electron chi connectivity index (χ1n) is 9.68. The maximum Gasteiger partial charge on any atom is 0.161 e. The lowest BCUT2D eigenvalue weighted by molar-refractivity contribution is 0.104. The van der Waals surface area contributed by atoms with E-state index in [4.69, 9.17) is 14.7 Å². The molecular weight excluding hydrogens is 334 g/mol. The molecule has 3 aromatic rings. The van der Waals surface area contributed by atoms with Crippen LogP contribution in [-0.4, -0.2) is 23.1 Å². The van der Waals surface area contributed by atoms with Gasteiger partial charge in [0.15, 0.2) is 5.82 Å². The number of piperidine rings is 1. The van der Waals surface area contributed by atoms with E-state index in [9.17, 15) is 0 Å². The standard InChI is InChI=1S/C23H25N3O/c1-4-10-19(11-5-1)17-27-18-21-16-22(26-14-8-3-9-15-26)25-23(24-21)20-12-6-2-7-13-20/h1-2,4-7,10-13,16H,3,8-9,14-15,17-18H2. The van der Waals surface area contributed by atoms with Gasteiger partial charge in [-0.15, -0.1) is 0 Å². The lowest BCUT2D eigenvalue weighted by Crippen LogP contribution is -2.30. The molecule has 1 aromatic heterocycles. The Labute approximate surface area is 160 Å². The van der Waals surface area contributed by atoms with Crippen LogP contribution in [0, 0.1) is 0 Å². The quantitative estimate of drug-likeness (QED) is 0.630. The second-order valence-corrected chi connectivity index (χ2v) is 6.93. The molecule has 1 fully saturated rings. The minimum Gasteiger partial charge on any atom is -0.370 e. The van der Waals surface area contributed by atoms with E-state index in [1.165, 1.54) is 24.8 Å². The Bertz CT molecular complexity index is 846. The average molecular weight is 359 g/mol. The lowest BCUT2D eigenvalue weighted by Gasteiger charge is -2.28. The molecule has 0 spiro atoms. The van der Waals surface area contributed by atoms with Crippen molar-refractivity contribution >= 4 is 5.82 Å². The zero-order chi connectivity index (χ0) is 18.3. The van der Waals surface area contributed by atoms with E-state index in [2.05, 4.69) is 35.2 Å². The van der Waals surface area contributed by atoms with Crippen molar-refractivity contribution in [3.8, 4) is 11.4 Å². The summed E-state index contributed by atoms with van der Waals surface area (Å²) in [6.45, 7) is 3.20. The van der Waals surface area contributed by atoms with Crippen molar-refractivity contribution in [2.75, 3.05) is 18.0 Å². The van der Waals surface area contributed by atoms with Gasteiger partial charge in [0.1, 0.15) is 5.82 Å². The molecule has 27 heavy (non-hydrogen) atoms. The minimum atomic E-state index is 0.484. The van der Waals surface area contributed by atoms with E-state index in [1.807, 2.05) is 36.4 Å². The molecule has 1 aliphatic heterocycles. The molecule has 0 bridgehead atoms. The Kier molecular flexibility index (Phi) is 5.75. The topological polar surface area (TPSA) is 38.2 Å². The van der Waals surface area contributed by atoms with E-state index in [1.54, 1.807) is 0 Å². The van der Waals surface area contributed by atoms with Gasteiger partial charge in [-0.3, -0.25) is 0 Å². The van der Waals surface area contributed by atoms with Gasteiger partial charge in [0, 0.05) is 24.7 Å². The first-order valence-corrected chi connectivity index (χ1v) is 9.68. The molecule has 138 valence electrons. The molecule has 2 aromatic carbocycles. The number of ether oxygens (including phenoxy) is 1. The number of nitrogens with zero attached hydrogens (tertiary/aromatic N) is 3. The second-order valence-electron chi connectivity index (χ2n) is 6.93. The SMILES string of the molecule is c1ccc(COCc2cc(N3CCCCC3)nc(-c3ccccc3)n2)cc1. The van der Waals surface area contributed by atoms with Gasteiger partial charge >= 0.3 is 0 Å². The molecule has 4 heteroatoms. The zero-order valence-corrected chi connectivity index (χ0v) is 15.6. The Balaban J connectivity index is 1.55. The van der Waals surface area contributed by atoms with Crippen LogP contribution in [0.15, 0.2) is 66.7 Å². The van der Waals surface area contributed by atoms with Crippen LogP contribution >= 0.6 is 0 Å². The smallest absolute Gasteiger partial charge is 0.161 e. The van der Waals surface area contributed by atoms with Crippen LogP contribution in [0.25, 0.3) is 11.4 Å². The highest BCUT2D eigenvalue weighted by molar-refractivity contribution is 5.58. The number of anilines is 1. The first kappa shape index (κ1) is 17.7. The van der Waals surface area contributed by atoms with Gasteiger partial charge in [0.25, 0.3) is 0 Å². The first-order chi connectivity index (χ1) is 13.4. The second kappa shape index (κ2) is 8.78. The van der Waals surface area contributed by atoms with E-state index in [-0.39, 0.29) is 0 Å². The van der Waals surface area contributed by atoms with Crippen molar-refractivity contribution in [1.82, 2.24) is 9.97 Å². The lowest BCUT2D eigenvalue weighted by atomic mass is 10.1. The highest BCUT2D eigenvalue weighted by atomic mass is 16.5. The van der Waals surface area contributed by atoms with Crippen LogP contribution in [0.2, 0.25) is 0 Å². The fourth-order valence-corrected chi connectivity index (χ4v) is 3.41. The predicted molar refractivity (Wildman–Crippen MR) is 108 cm³/mol. The van der Waals surface area contributed by atoms with Gasteiger partial charge in [-0.2, -0.15) is 0 Å². The number of hydrogen-bond acceptors (Lipinski definition) is 4. The van der Waals surface area contributed by atoms with Crippen LogP contribution in [-0.2, 0) is 18.0 Å². The maximum absolute atomic E-state index is 5.93. The molecule has 0 saturated carbocycles. The largest absolute Gasteiger partial charge is 0.370 e. The van der Waals surface area contributed by atoms with Gasteiger partial charge in [-0.05, 0) is 24.8 Å². The number of hydrogen-bond donors (Lipinski definition) is 0. The van der Waals surface area contributed by atoms with Crippen molar-refractivity contribution in [3.05, 3.63) is 78.0 Å². The average Bonchev–Trinajstić information content (AvgIpc) is 2.76. The summed E-state index contributed by atoms with van der Waals surface area (Å²) < 4.78 is 5.93. The number of rotatable bonds is 6. The van der Waals surface area contributed by atoms with E-state index < -0.39 is 0 Å². The fraction of sp³-hybridized carbons (Fsp3) is 0.304. The normalized spacial score (nSPS) is 14.3. The molecule has 4 nitrogen and oxygen atoms in total. The van der Waals surface area contributed by atoms with E-state index >= 15 is 0 Å². The molecule has 0 amide bonds. The molecular formula is C23H25N3O. The Hall–Kier alpha value is -2.72. The van der Waals surface area contributed by atoms with Crippen molar-refractivity contribution in [3.63, 3.8) is 0 Å². The summed E-state index contributed by atoms with van der Waals surface area (Å²) in [5.74, 6) is 1.79. The highest BCUT2D eigenvalue weighted by Gasteiger charge is 2.15. The predicted octanol–water partition coefficient (Wildman–Crippen LogP) is 4.85. The summed E-state index contributed by atoms with van der Waals surface area (Å²) in [5.41, 5.74) is 3.15. The van der Waals surface area contributed by atoms with Crippen molar-refractivity contribution in [1.29, 1.82) is 0 Å². The third-order valence-corrected chi connectivity index (χ3v) is 4.84. The Morgan fingerprint density at radius 3 is 2.22 bits per heavy atom. The molecule has 0 unspecified atom stereocenters. The summed E-state index contributed by atoms with van der Waals surface area (Å²) in [5, 5.41) is 0. The summed E-state index contributed by atoms with van der Waals surface area (Å²) in [4.78, 5) is 12.0. The van der Waals surface area contributed by atoms with Gasteiger partial charge in [0.2, 0.25) is 0 Å². The van der Waals surface area contributed by atoms with Gasteiger partial charge < -0.3 is 9.64 Å². The Morgan fingerprint density at radius 1 is 0.778 bits per heavy atom. The van der Waals surface area contributed by atoms with Gasteiger partial charge in [-0.1, -0.05) is 60.7 Å². The van der Waals surface area contributed by atoms with Gasteiger partial charge in [0.05, 0.1) is 18.9 Å². The monoisotopic (exact) mass is 359 g/mol. The molecule has 4 rings (SSSR count). The van der Waals surface area contributed by atoms with E-state index in [0.29, 0.717) is 13.2 Å². The zero-order valence-electron chi connectivity index (χ0n) is 15.6. The highest BCUT2D eigenvalue weighted by Crippen LogP contribution is 2.23. The summed E-state index contributed by atoms with van der Waals surface area (Å²) >= 11 is 0. The fourth-order valence-electron chi connectivity index (χ4n) is 3.41. The maximum atomic E-state index is 5.93. The van der Waals surface area contributed by atoms with E-state index in [0.717, 1.165) is 36.0 Å².